The lowest BCUT2D eigenvalue weighted by Crippen LogP contribution is -2.38. The number of nitrogens with zero attached hydrogens (tertiary/aromatic N) is 3. The highest BCUT2D eigenvalue weighted by molar-refractivity contribution is 5.70. The smallest absolute Gasteiger partial charge is 0.307 e. The maximum atomic E-state index is 10.9. The van der Waals surface area contributed by atoms with Crippen molar-refractivity contribution in [2.45, 2.75) is 26.3 Å². The molecule has 6 heteroatoms. The van der Waals surface area contributed by atoms with Crippen LogP contribution in [0.25, 0.3) is 0 Å². The summed E-state index contributed by atoms with van der Waals surface area (Å²) in [5.74, 6) is 0.189. The Kier molecular flexibility index (Phi) is 3.19. The molecule has 1 aliphatic heterocycles. The lowest BCUT2D eigenvalue weighted by atomic mass is 9.98. The Hall–Kier alpha value is -1.43. The van der Waals surface area contributed by atoms with E-state index in [0.29, 0.717) is 24.8 Å². The van der Waals surface area contributed by atoms with E-state index in [9.17, 15) is 4.79 Å². The molecule has 1 aromatic heterocycles. The molecule has 2 rings (SSSR count). The Morgan fingerprint density at radius 1 is 1.69 bits per heavy atom. The highest BCUT2D eigenvalue weighted by Gasteiger charge is 2.26. The molecule has 1 aliphatic rings. The van der Waals surface area contributed by atoms with E-state index in [-0.39, 0.29) is 5.92 Å². The van der Waals surface area contributed by atoms with Crippen LogP contribution < -0.4 is 0 Å². The van der Waals surface area contributed by atoms with Crippen LogP contribution in [0.4, 0.5) is 0 Å². The van der Waals surface area contributed by atoms with E-state index in [4.69, 9.17) is 9.63 Å². The Morgan fingerprint density at radius 2 is 2.50 bits per heavy atom. The summed E-state index contributed by atoms with van der Waals surface area (Å²) in [5.41, 5.74) is 0. The number of aryl methyl sites for hydroxylation is 1. The maximum Gasteiger partial charge on any atom is 0.307 e. The third-order valence-corrected chi connectivity index (χ3v) is 2.78. The van der Waals surface area contributed by atoms with Gasteiger partial charge in [-0.05, 0) is 26.3 Å². The number of carboxylic acid groups (broad SMARTS) is 1. The highest BCUT2D eigenvalue weighted by atomic mass is 16.5. The van der Waals surface area contributed by atoms with Crippen LogP contribution in [0.3, 0.4) is 0 Å². The molecule has 88 valence electrons. The van der Waals surface area contributed by atoms with Gasteiger partial charge >= 0.3 is 5.97 Å². The molecule has 1 aromatic rings. The van der Waals surface area contributed by atoms with Crippen molar-refractivity contribution in [2.75, 3.05) is 13.1 Å². The van der Waals surface area contributed by atoms with Gasteiger partial charge in [0.15, 0.2) is 5.82 Å². The van der Waals surface area contributed by atoms with Gasteiger partial charge in [-0.2, -0.15) is 4.98 Å². The van der Waals surface area contributed by atoms with E-state index in [1.54, 1.807) is 6.92 Å². The van der Waals surface area contributed by atoms with E-state index in [2.05, 4.69) is 15.0 Å². The number of piperidine rings is 1. The van der Waals surface area contributed by atoms with Crippen LogP contribution in [-0.4, -0.2) is 39.2 Å². The SMILES string of the molecule is Cc1noc(CN2CCCC(C(=O)O)C2)n1. The highest BCUT2D eigenvalue weighted by Crippen LogP contribution is 2.18. The lowest BCUT2D eigenvalue weighted by molar-refractivity contribution is -0.143. The minimum atomic E-state index is -0.716. The molecule has 0 aliphatic carbocycles. The minimum absolute atomic E-state index is 0.266. The molecule has 16 heavy (non-hydrogen) atoms. The number of aromatic nitrogens is 2. The second kappa shape index (κ2) is 4.61. The summed E-state index contributed by atoms with van der Waals surface area (Å²) in [7, 11) is 0. The van der Waals surface area contributed by atoms with Crippen molar-refractivity contribution >= 4 is 5.97 Å². The molecule has 0 radical (unpaired) electrons. The van der Waals surface area contributed by atoms with Gasteiger partial charge in [-0.1, -0.05) is 5.16 Å². The molecule has 0 bridgehead atoms. The Balaban J connectivity index is 1.92. The number of carbonyl (C=O) groups is 1. The zero-order valence-electron chi connectivity index (χ0n) is 9.22. The van der Waals surface area contributed by atoms with Gasteiger partial charge < -0.3 is 9.63 Å². The van der Waals surface area contributed by atoms with Crippen LogP contribution in [0, 0.1) is 12.8 Å². The summed E-state index contributed by atoms with van der Waals surface area (Å²) in [4.78, 5) is 17.0. The van der Waals surface area contributed by atoms with Gasteiger partial charge in [0.25, 0.3) is 0 Å². The van der Waals surface area contributed by atoms with E-state index in [1.807, 2.05) is 0 Å². The first-order valence-corrected chi connectivity index (χ1v) is 5.39. The number of carboxylic acids is 1. The average molecular weight is 225 g/mol. The summed E-state index contributed by atoms with van der Waals surface area (Å²) < 4.78 is 5.01. The van der Waals surface area contributed by atoms with Crippen molar-refractivity contribution in [2.24, 2.45) is 5.92 Å². The quantitative estimate of drug-likeness (QED) is 0.814. The summed E-state index contributed by atoms with van der Waals surface area (Å²) >= 11 is 0. The molecule has 0 amide bonds. The molecule has 1 N–H and O–H groups in total. The van der Waals surface area contributed by atoms with Gasteiger partial charge in [0.1, 0.15) is 0 Å². The molecule has 1 unspecified atom stereocenters. The van der Waals surface area contributed by atoms with Gasteiger partial charge in [0.05, 0.1) is 12.5 Å². The van der Waals surface area contributed by atoms with Crippen molar-refractivity contribution < 1.29 is 14.4 Å². The molecule has 1 fully saturated rings. The molecular weight excluding hydrogens is 210 g/mol. The second-order valence-electron chi connectivity index (χ2n) is 4.15. The predicted molar refractivity (Wildman–Crippen MR) is 54.7 cm³/mol. The fourth-order valence-corrected chi connectivity index (χ4v) is 2.00. The zero-order valence-corrected chi connectivity index (χ0v) is 9.22. The monoisotopic (exact) mass is 225 g/mol. The van der Waals surface area contributed by atoms with Crippen molar-refractivity contribution in [1.29, 1.82) is 0 Å². The molecule has 0 aromatic carbocycles. The summed E-state index contributed by atoms with van der Waals surface area (Å²) in [6.07, 6.45) is 1.67. The van der Waals surface area contributed by atoms with Crippen molar-refractivity contribution in [3.05, 3.63) is 11.7 Å². The van der Waals surface area contributed by atoms with Gasteiger partial charge in [0, 0.05) is 6.54 Å². The first kappa shape index (κ1) is 11.1. The van der Waals surface area contributed by atoms with E-state index in [1.165, 1.54) is 0 Å². The van der Waals surface area contributed by atoms with Crippen molar-refractivity contribution in [3.8, 4) is 0 Å². The van der Waals surface area contributed by atoms with Crippen LogP contribution in [0.2, 0.25) is 0 Å². The van der Waals surface area contributed by atoms with E-state index in [0.717, 1.165) is 19.4 Å². The first-order chi connectivity index (χ1) is 7.65. The summed E-state index contributed by atoms with van der Waals surface area (Å²) in [5, 5.41) is 12.7. The molecule has 6 nitrogen and oxygen atoms in total. The molecule has 1 atom stereocenters. The van der Waals surface area contributed by atoms with Gasteiger partial charge in [-0.3, -0.25) is 9.69 Å². The number of aliphatic carboxylic acids is 1. The number of hydrogen-bond acceptors (Lipinski definition) is 5. The van der Waals surface area contributed by atoms with E-state index >= 15 is 0 Å². The Morgan fingerprint density at radius 3 is 3.12 bits per heavy atom. The number of likely N-dealkylation sites (tertiary alicyclic amines) is 1. The topological polar surface area (TPSA) is 79.5 Å². The van der Waals surface area contributed by atoms with Crippen LogP contribution in [0.5, 0.6) is 0 Å². The number of rotatable bonds is 3. The second-order valence-corrected chi connectivity index (χ2v) is 4.15. The van der Waals surface area contributed by atoms with Crippen LogP contribution in [-0.2, 0) is 11.3 Å². The average Bonchev–Trinajstić information content (AvgIpc) is 2.64. The van der Waals surface area contributed by atoms with Gasteiger partial charge in [-0.25, -0.2) is 0 Å². The third kappa shape index (κ3) is 2.57. The fraction of sp³-hybridized carbons (Fsp3) is 0.700. The maximum absolute atomic E-state index is 10.9. The van der Waals surface area contributed by atoms with Crippen LogP contribution in [0.15, 0.2) is 4.52 Å². The Bertz CT molecular complexity index is 377. The van der Waals surface area contributed by atoms with Gasteiger partial charge in [0.2, 0.25) is 5.89 Å². The third-order valence-electron chi connectivity index (χ3n) is 2.78. The lowest BCUT2D eigenvalue weighted by Gasteiger charge is -2.29. The molecule has 2 heterocycles. The Labute approximate surface area is 93.2 Å². The van der Waals surface area contributed by atoms with Crippen molar-refractivity contribution in [1.82, 2.24) is 15.0 Å². The normalized spacial score (nSPS) is 22.2. The molecule has 0 saturated carbocycles. The fourth-order valence-electron chi connectivity index (χ4n) is 2.00. The zero-order chi connectivity index (χ0) is 11.5. The number of hydrogen-bond donors (Lipinski definition) is 1. The minimum Gasteiger partial charge on any atom is -0.481 e. The molecular formula is C10H15N3O3. The van der Waals surface area contributed by atoms with Crippen LogP contribution in [0.1, 0.15) is 24.6 Å². The first-order valence-electron chi connectivity index (χ1n) is 5.39. The largest absolute Gasteiger partial charge is 0.481 e. The van der Waals surface area contributed by atoms with Crippen molar-refractivity contribution in [3.63, 3.8) is 0 Å². The standard InChI is InChI=1S/C10H15N3O3/c1-7-11-9(16-12-7)6-13-4-2-3-8(5-13)10(14)15/h8H,2-6H2,1H3,(H,14,15). The summed E-state index contributed by atoms with van der Waals surface area (Å²) in [6.45, 7) is 3.77. The predicted octanol–water partition coefficient (Wildman–Crippen LogP) is 0.675. The summed E-state index contributed by atoms with van der Waals surface area (Å²) in [6, 6.07) is 0. The molecule has 1 saturated heterocycles. The van der Waals surface area contributed by atoms with Crippen LogP contribution >= 0.6 is 0 Å². The van der Waals surface area contributed by atoms with E-state index < -0.39 is 5.97 Å². The van der Waals surface area contributed by atoms with Gasteiger partial charge in [-0.15, -0.1) is 0 Å². The molecule has 0 spiro atoms.